The molecule has 1 N–H and O–H groups in total. The maximum absolute atomic E-state index is 12.2. The fraction of sp³-hybridized carbons (Fsp3) is 0.263. The van der Waals surface area contributed by atoms with Crippen LogP contribution in [0.5, 0.6) is 5.75 Å². The number of carbonyl (C=O) groups excluding carboxylic acids is 2. The number of fused-ring (bicyclic) bond motifs is 1. The van der Waals surface area contributed by atoms with Crippen LogP contribution in [0.15, 0.2) is 42.5 Å². The second-order valence-electron chi connectivity index (χ2n) is 5.73. The van der Waals surface area contributed by atoms with Gasteiger partial charge < -0.3 is 10.1 Å². The van der Waals surface area contributed by atoms with E-state index < -0.39 is 0 Å². The van der Waals surface area contributed by atoms with Gasteiger partial charge in [0.25, 0.3) is 5.91 Å². The number of rotatable bonds is 4. The Morgan fingerprint density at radius 3 is 2.65 bits per heavy atom. The zero-order valence-corrected chi connectivity index (χ0v) is 13.3. The van der Waals surface area contributed by atoms with Crippen molar-refractivity contribution < 1.29 is 14.3 Å². The molecule has 0 fully saturated rings. The summed E-state index contributed by atoms with van der Waals surface area (Å²) in [5, 5.41) is 2.61. The Bertz CT molecular complexity index is 755. The SMILES string of the molecule is CC[C@@]1(c2ccccc2)COc2c(C(=O)NC)cc(C=O)cc21. The normalized spacial score (nSPS) is 18.9. The van der Waals surface area contributed by atoms with Gasteiger partial charge in [-0.05, 0) is 24.1 Å². The van der Waals surface area contributed by atoms with Gasteiger partial charge in [0.15, 0.2) is 0 Å². The molecule has 23 heavy (non-hydrogen) atoms. The molecule has 1 atom stereocenters. The lowest BCUT2D eigenvalue weighted by Crippen LogP contribution is -2.28. The molecule has 3 rings (SSSR count). The van der Waals surface area contributed by atoms with Gasteiger partial charge in [-0.25, -0.2) is 0 Å². The van der Waals surface area contributed by atoms with E-state index in [9.17, 15) is 9.59 Å². The second kappa shape index (κ2) is 5.88. The van der Waals surface area contributed by atoms with Gasteiger partial charge in [-0.15, -0.1) is 0 Å². The lowest BCUT2D eigenvalue weighted by Gasteiger charge is -2.27. The summed E-state index contributed by atoms with van der Waals surface area (Å²) in [4.78, 5) is 23.5. The molecule has 1 aliphatic rings. The standard InChI is InChI=1S/C19H19NO3/c1-3-19(14-7-5-4-6-8-14)12-23-17-15(18(22)20-2)9-13(11-21)10-16(17)19/h4-11H,3,12H2,1-2H3,(H,20,22)/t19-/m0/s1. The Labute approximate surface area is 135 Å². The lowest BCUT2D eigenvalue weighted by molar-refractivity contribution is 0.0959. The number of hydrogen-bond donors (Lipinski definition) is 1. The van der Waals surface area contributed by atoms with Gasteiger partial charge >= 0.3 is 0 Å². The summed E-state index contributed by atoms with van der Waals surface area (Å²) in [5.41, 5.74) is 2.61. The van der Waals surface area contributed by atoms with E-state index in [2.05, 4.69) is 24.4 Å². The van der Waals surface area contributed by atoms with E-state index in [0.29, 0.717) is 23.5 Å². The summed E-state index contributed by atoms with van der Waals surface area (Å²) in [7, 11) is 1.57. The van der Waals surface area contributed by atoms with Crippen LogP contribution >= 0.6 is 0 Å². The number of carbonyl (C=O) groups is 2. The highest BCUT2D eigenvalue weighted by Gasteiger charge is 2.42. The molecule has 4 heteroatoms. The van der Waals surface area contributed by atoms with Gasteiger partial charge in [-0.1, -0.05) is 37.3 Å². The van der Waals surface area contributed by atoms with Crippen LogP contribution in [-0.4, -0.2) is 25.8 Å². The van der Waals surface area contributed by atoms with Gasteiger partial charge in [-0.2, -0.15) is 0 Å². The topological polar surface area (TPSA) is 55.4 Å². The number of benzene rings is 2. The Morgan fingerprint density at radius 2 is 2.04 bits per heavy atom. The van der Waals surface area contributed by atoms with Crippen molar-refractivity contribution in [2.45, 2.75) is 18.8 Å². The summed E-state index contributed by atoms with van der Waals surface area (Å²) < 4.78 is 5.94. The van der Waals surface area contributed by atoms with E-state index in [4.69, 9.17) is 4.74 Å². The Hall–Kier alpha value is -2.62. The van der Waals surface area contributed by atoms with Crippen molar-refractivity contribution in [1.29, 1.82) is 0 Å². The highest BCUT2D eigenvalue weighted by atomic mass is 16.5. The quantitative estimate of drug-likeness (QED) is 0.884. The molecule has 118 valence electrons. The minimum Gasteiger partial charge on any atom is -0.491 e. The Kier molecular flexibility index (Phi) is 3.90. The third kappa shape index (κ3) is 2.31. The van der Waals surface area contributed by atoms with Crippen molar-refractivity contribution in [3.63, 3.8) is 0 Å². The van der Waals surface area contributed by atoms with Crippen molar-refractivity contribution in [1.82, 2.24) is 5.32 Å². The molecule has 2 aromatic carbocycles. The van der Waals surface area contributed by atoms with Crippen molar-refractivity contribution in [3.8, 4) is 5.75 Å². The molecule has 0 bridgehead atoms. The van der Waals surface area contributed by atoms with Crippen molar-refractivity contribution in [3.05, 3.63) is 64.7 Å². The summed E-state index contributed by atoms with van der Waals surface area (Å²) in [6.45, 7) is 2.56. The zero-order valence-electron chi connectivity index (χ0n) is 13.3. The number of aldehydes is 1. The van der Waals surface area contributed by atoms with E-state index in [1.165, 1.54) is 0 Å². The molecule has 1 amide bonds. The van der Waals surface area contributed by atoms with Gasteiger partial charge in [0.1, 0.15) is 18.6 Å². The van der Waals surface area contributed by atoms with Gasteiger partial charge in [0.2, 0.25) is 0 Å². The largest absolute Gasteiger partial charge is 0.491 e. The van der Waals surface area contributed by atoms with Crippen molar-refractivity contribution >= 4 is 12.2 Å². The molecule has 0 aliphatic carbocycles. The fourth-order valence-corrected chi connectivity index (χ4v) is 3.30. The first-order valence-electron chi connectivity index (χ1n) is 7.70. The minimum atomic E-state index is -0.335. The summed E-state index contributed by atoms with van der Waals surface area (Å²) in [6, 6.07) is 13.5. The lowest BCUT2D eigenvalue weighted by atomic mass is 9.73. The smallest absolute Gasteiger partial charge is 0.254 e. The van der Waals surface area contributed by atoms with E-state index in [-0.39, 0.29) is 11.3 Å². The summed E-state index contributed by atoms with van der Waals surface area (Å²) in [6.07, 6.45) is 1.59. The molecule has 1 aliphatic heterocycles. The fourth-order valence-electron chi connectivity index (χ4n) is 3.30. The summed E-state index contributed by atoms with van der Waals surface area (Å²) in [5.74, 6) is 0.338. The zero-order chi connectivity index (χ0) is 16.4. The second-order valence-corrected chi connectivity index (χ2v) is 5.73. The van der Waals surface area contributed by atoms with Crippen LogP contribution in [0.3, 0.4) is 0 Å². The number of hydrogen-bond acceptors (Lipinski definition) is 3. The van der Waals surface area contributed by atoms with Crippen LogP contribution in [0.4, 0.5) is 0 Å². The van der Waals surface area contributed by atoms with Crippen LogP contribution < -0.4 is 10.1 Å². The first kappa shape index (κ1) is 15.3. The Balaban J connectivity index is 2.26. The van der Waals surface area contributed by atoms with Crippen molar-refractivity contribution in [2.24, 2.45) is 0 Å². The van der Waals surface area contributed by atoms with Gasteiger partial charge in [-0.3, -0.25) is 9.59 Å². The number of ether oxygens (including phenoxy) is 1. The average molecular weight is 309 g/mol. The van der Waals surface area contributed by atoms with Crippen LogP contribution in [0.25, 0.3) is 0 Å². The monoisotopic (exact) mass is 309 g/mol. The molecule has 2 aromatic rings. The predicted molar refractivity (Wildman–Crippen MR) is 88.2 cm³/mol. The maximum Gasteiger partial charge on any atom is 0.254 e. The third-order valence-electron chi connectivity index (χ3n) is 4.63. The number of amides is 1. The van der Waals surface area contributed by atoms with E-state index in [0.717, 1.165) is 23.8 Å². The predicted octanol–water partition coefficient (Wildman–Crippen LogP) is 2.95. The molecule has 0 spiro atoms. The molecule has 0 radical (unpaired) electrons. The maximum atomic E-state index is 12.2. The van der Waals surface area contributed by atoms with Gasteiger partial charge in [0, 0.05) is 18.2 Å². The molecular weight excluding hydrogens is 290 g/mol. The van der Waals surface area contributed by atoms with Crippen LogP contribution in [-0.2, 0) is 5.41 Å². The first-order chi connectivity index (χ1) is 11.2. The Morgan fingerprint density at radius 1 is 1.30 bits per heavy atom. The van der Waals surface area contributed by atoms with Gasteiger partial charge in [0.05, 0.1) is 11.0 Å². The highest BCUT2D eigenvalue weighted by molar-refractivity contribution is 5.99. The molecule has 0 saturated heterocycles. The molecule has 0 saturated carbocycles. The molecule has 1 heterocycles. The van der Waals surface area contributed by atoms with Crippen LogP contribution in [0, 0.1) is 0 Å². The molecule has 0 unspecified atom stereocenters. The van der Waals surface area contributed by atoms with E-state index >= 15 is 0 Å². The van der Waals surface area contributed by atoms with Crippen LogP contribution in [0.1, 0.15) is 45.2 Å². The van der Waals surface area contributed by atoms with E-state index in [1.807, 2.05) is 24.3 Å². The highest BCUT2D eigenvalue weighted by Crippen LogP contribution is 2.47. The number of nitrogens with one attached hydrogen (secondary N) is 1. The average Bonchev–Trinajstić information content (AvgIpc) is 3.00. The molecule has 0 aromatic heterocycles. The van der Waals surface area contributed by atoms with Crippen LogP contribution in [0.2, 0.25) is 0 Å². The molecule has 4 nitrogen and oxygen atoms in total. The van der Waals surface area contributed by atoms with E-state index in [1.54, 1.807) is 13.1 Å². The minimum absolute atomic E-state index is 0.245. The third-order valence-corrected chi connectivity index (χ3v) is 4.63. The summed E-state index contributed by atoms with van der Waals surface area (Å²) >= 11 is 0. The molecular formula is C19H19NO3. The van der Waals surface area contributed by atoms with Crippen molar-refractivity contribution in [2.75, 3.05) is 13.7 Å². The first-order valence-corrected chi connectivity index (χ1v) is 7.70.